The van der Waals surface area contributed by atoms with Crippen LogP contribution in [0.15, 0.2) is 0 Å². The van der Waals surface area contributed by atoms with Gasteiger partial charge in [-0.15, -0.1) is 11.8 Å². The molecule has 0 radical (unpaired) electrons. The van der Waals surface area contributed by atoms with Crippen LogP contribution in [0.3, 0.4) is 0 Å². The van der Waals surface area contributed by atoms with Crippen molar-refractivity contribution in [1.29, 1.82) is 0 Å². The number of thioether (sulfide) groups is 1. The van der Waals surface area contributed by atoms with E-state index in [9.17, 15) is 14.4 Å². The Bertz CT molecular complexity index is 437. The minimum absolute atomic E-state index is 0.0716. The first-order chi connectivity index (χ1) is 9.66. The molecule has 0 aromatic heterocycles. The Morgan fingerprint density at radius 3 is 2.60 bits per heavy atom. The normalized spacial score (nSPS) is 29.9. The molecule has 0 aromatic carbocycles. The molecule has 2 atom stereocenters. The standard InChI is InChI=1S/C13H19N3O3S/c17-11-4-3-9(14-11)12(18)16-8-20-7-10(16)13(19)15-5-1-2-6-15/h9-10H,1-8H2,(H,14,17)/t9-,10-/m0/s1. The highest BCUT2D eigenvalue weighted by atomic mass is 32.2. The average molecular weight is 297 g/mol. The Morgan fingerprint density at radius 2 is 1.95 bits per heavy atom. The zero-order valence-electron chi connectivity index (χ0n) is 11.3. The van der Waals surface area contributed by atoms with Crippen molar-refractivity contribution in [3.63, 3.8) is 0 Å². The number of hydrogen-bond acceptors (Lipinski definition) is 4. The lowest BCUT2D eigenvalue weighted by Gasteiger charge is -2.28. The van der Waals surface area contributed by atoms with Crippen molar-refractivity contribution in [3.05, 3.63) is 0 Å². The fourth-order valence-electron chi connectivity index (χ4n) is 3.01. The van der Waals surface area contributed by atoms with Gasteiger partial charge >= 0.3 is 0 Å². The summed E-state index contributed by atoms with van der Waals surface area (Å²) in [7, 11) is 0. The van der Waals surface area contributed by atoms with Crippen LogP contribution >= 0.6 is 11.8 Å². The number of likely N-dealkylation sites (tertiary alicyclic amines) is 1. The van der Waals surface area contributed by atoms with E-state index in [1.807, 2.05) is 4.90 Å². The van der Waals surface area contributed by atoms with Gasteiger partial charge in [0.15, 0.2) is 0 Å². The van der Waals surface area contributed by atoms with Crippen LogP contribution in [-0.4, -0.2) is 64.3 Å². The highest BCUT2D eigenvalue weighted by Gasteiger charge is 2.41. The van der Waals surface area contributed by atoms with Crippen LogP contribution < -0.4 is 5.32 Å². The fraction of sp³-hybridized carbons (Fsp3) is 0.769. The van der Waals surface area contributed by atoms with Gasteiger partial charge in [-0.05, 0) is 19.3 Å². The average Bonchev–Trinajstić information content (AvgIpc) is 3.18. The summed E-state index contributed by atoms with van der Waals surface area (Å²) in [5, 5.41) is 2.70. The molecule has 0 saturated carbocycles. The molecular formula is C13H19N3O3S. The highest BCUT2D eigenvalue weighted by molar-refractivity contribution is 7.99. The van der Waals surface area contributed by atoms with E-state index in [-0.39, 0.29) is 23.8 Å². The van der Waals surface area contributed by atoms with E-state index in [4.69, 9.17) is 0 Å². The maximum atomic E-state index is 12.5. The van der Waals surface area contributed by atoms with Gasteiger partial charge in [-0.1, -0.05) is 0 Å². The monoisotopic (exact) mass is 297 g/mol. The summed E-state index contributed by atoms with van der Waals surface area (Å²) in [5.41, 5.74) is 0. The number of amides is 3. The van der Waals surface area contributed by atoms with Crippen LogP contribution in [0.25, 0.3) is 0 Å². The summed E-state index contributed by atoms with van der Waals surface area (Å²) in [6.07, 6.45) is 3.06. The fourth-order valence-corrected chi connectivity index (χ4v) is 4.17. The molecule has 0 spiro atoms. The minimum Gasteiger partial charge on any atom is -0.344 e. The number of hydrogen-bond donors (Lipinski definition) is 1. The van der Waals surface area contributed by atoms with Gasteiger partial charge in [0.25, 0.3) is 0 Å². The Labute approximate surface area is 122 Å². The van der Waals surface area contributed by atoms with E-state index in [1.165, 1.54) is 0 Å². The Hall–Kier alpha value is -1.24. The van der Waals surface area contributed by atoms with Crippen LogP contribution in [0.2, 0.25) is 0 Å². The number of carbonyl (C=O) groups excluding carboxylic acids is 3. The van der Waals surface area contributed by atoms with Crippen LogP contribution in [0.5, 0.6) is 0 Å². The van der Waals surface area contributed by atoms with Crippen molar-refractivity contribution in [1.82, 2.24) is 15.1 Å². The molecule has 3 amide bonds. The van der Waals surface area contributed by atoms with Gasteiger partial charge < -0.3 is 15.1 Å². The molecule has 0 bridgehead atoms. The molecule has 3 heterocycles. The molecular weight excluding hydrogens is 278 g/mol. The number of rotatable bonds is 2. The topological polar surface area (TPSA) is 69.7 Å². The lowest BCUT2D eigenvalue weighted by Crippen LogP contribution is -2.52. The van der Waals surface area contributed by atoms with Crippen LogP contribution in [0.4, 0.5) is 0 Å². The molecule has 3 saturated heterocycles. The summed E-state index contributed by atoms with van der Waals surface area (Å²) >= 11 is 1.61. The predicted octanol–water partition coefficient (Wildman–Crippen LogP) is -0.211. The Morgan fingerprint density at radius 1 is 1.20 bits per heavy atom. The lowest BCUT2D eigenvalue weighted by molar-refractivity contribution is -0.143. The first kappa shape index (κ1) is 13.7. The molecule has 20 heavy (non-hydrogen) atoms. The van der Waals surface area contributed by atoms with E-state index in [2.05, 4.69) is 5.32 Å². The molecule has 3 aliphatic heterocycles. The molecule has 6 nitrogen and oxygen atoms in total. The smallest absolute Gasteiger partial charge is 0.246 e. The minimum atomic E-state index is -0.435. The maximum absolute atomic E-state index is 12.5. The van der Waals surface area contributed by atoms with E-state index < -0.39 is 6.04 Å². The maximum Gasteiger partial charge on any atom is 0.246 e. The van der Waals surface area contributed by atoms with Crippen molar-refractivity contribution in [3.8, 4) is 0 Å². The molecule has 7 heteroatoms. The molecule has 0 aliphatic carbocycles. The van der Waals surface area contributed by atoms with Crippen molar-refractivity contribution in [2.24, 2.45) is 0 Å². The van der Waals surface area contributed by atoms with E-state index >= 15 is 0 Å². The zero-order valence-corrected chi connectivity index (χ0v) is 12.2. The van der Waals surface area contributed by atoms with Crippen LogP contribution in [0, 0.1) is 0 Å². The van der Waals surface area contributed by atoms with Gasteiger partial charge in [0.1, 0.15) is 12.1 Å². The third kappa shape index (κ3) is 2.51. The molecule has 3 rings (SSSR count). The molecule has 1 N–H and O–H groups in total. The number of carbonyl (C=O) groups is 3. The van der Waals surface area contributed by atoms with Gasteiger partial charge in [-0.3, -0.25) is 14.4 Å². The molecule has 3 aliphatic rings. The third-order valence-corrected chi connectivity index (χ3v) is 5.17. The first-order valence-electron chi connectivity index (χ1n) is 7.13. The molecule has 0 aromatic rings. The van der Waals surface area contributed by atoms with Crippen molar-refractivity contribution in [2.45, 2.75) is 37.8 Å². The Kier molecular flexibility index (Phi) is 3.87. The second-order valence-electron chi connectivity index (χ2n) is 5.51. The summed E-state index contributed by atoms with van der Waals surface area (Å²) in [4.78, 5) is 39.7. The Balaban J connectivity index is 1.67. The lowest BCUT2D eigenvalue weighted by atomic mass is 10.1. The second kappa shape index (κ2) is 5.63. The second-order valence-corrected chi connectivity index (χ2v) is 6.51. The largest absolute Gasteiger partial charge is 0.344 e. The van der Waals surface area contributed by atoms with Crippen molar-refractivity contribution in [2.75, 3.05) is 24.7 Å². The van der Waals surface area contributed by atoms with Gasteiger partial charge in [-0.25, -0.2) is 0 Å². The van der Waals surface area contributed by atoms with Gasteiger partial charge in [-0.2, -0.15) is 0 Å². The summed E-state index contributed by atoms with van der Waals surface area (Å²) in [6.45, 7) is 1.62. The summed E-state index contributed by atoms with van der Waals surface area (Å²) in [5.74, 6) is 1.12. The summed E-state index contributed by atoms with van der Waals surface area (Å²) in [6, 6.07) is -0.779. The SMILES string of the molecule is O=C1CC[C@@H](C(=O)N2CSC[C@H]2C(=O)N2CCCC2)N1. The van der Waals surface area contributed by atoms with Crippen LogP contribution in [0.1, 0.15) is 25.7 Å². The van der Waals surface area contributed by atoms with Crippen molar-refractivity contribution >= 4 is 29.5 Å². The van der Waals surface area contributed by atoms with E-state index in [0.29, 0.717) is 24.5 Å². The van der Waals surface area contributed by atoms with E-state index in [1.54, 1.807) is 16.7 Å². The van der Waals surface area contributed by atoms with Crippen molar-refractivity contribution < 1.29 is 14.4 Å². The third-order valence-electron chi connectivity index (χ3n) is 4.16. The predicted molar refractivity (Wildman–Crippen MR) is 74.9 cm³/mol. The van der Waals surface area contributed by atoms with Gasteiger partial charge in [0.2, 0.25) is 17.7 Å². The number of nitrogens with zero attached hydrogens (tertiary/aromatic N) is 2. The first-order valence-corrected chi connectivity index (χ1v) is 8.28. The van der Waals surface area contributed by atoms with Gasteiger partial charge in [0, 0.05) is 25.3 Å². The van der Waals surface area contributed by atoms with E-state index in [0.717, 1.165) is 25.9 Å². The molecule has 0 unspecified atom stereocenters. The zero-order chi connectivity index (χ0) is 14.1. The highest BCUT2D eigenvalue weighted by Crippen LogP contribution is 2.26. The molecule has 3 fully saturated rings. The quantitative estimate of drug-likeness (QED) is 0.765. The molecule has 110 valence electrons. The number of nitrogens with one attached hydrogen (secondary N) is 1. The van der Waals surface area contributed by atoms with Crippen LogP contribution in [-0.2, 0) is 14.4 Å². The van der Waals surface area contributed by atoms with Gasteiger partial charge in [0.05, 0.1) is 5.88 Å². The summed E-state index contributed by atoms with van der Waals surface area (Å²) < 4.78 is 0.